The summed E-state index contributed by atoms with van der Waals surface area (Å²) in [7, 11) is 3.11. The van der Waals surface area contributed by atoms with Crippen LogP contribution < -0.4 is 19.6 Å². The first-order valence-electron chi connectivity index (χ1n) is 10.0. The normalized spacial score (nSPS) is 11.0. The van der Waals surface area contributed by atoms with Gasteiger partial charge >= 0.3 is 5.91 Å². The fraction of sp³-hybridized carbons (Fsp3) is 0.120. The summed E-state index contributed by atoms with van der Waals surface area (Å²) in [6, 6.07) is 20.5. The van der Waals surface area contributed by atoms with Crippen molar-refractivity contribution < 1.29 is 23.4 Å². The predicted molar refractivity (Wildman–Crippen MR) is 129 cm³/mol. The molecular weight excluding hydrogens is 488 g/mol. The molecule has 0 atom stereocenters. The van der Waals surface area contributed by atoms with Crippen LogP contribution in [0.25, 0.3) is 11.0 Å². The lowest BCUT2D eigenvalue weighted by Gasteiger charge is -2.13. The molecule has 0 unspecified atom stereocenters. The standard InChI is InChI=1S/C25H21BrN2O5/c1-30-20-10-6-9-18-13-22(33-23(18)20)25(29)28-27-14-17-11-19(26)24(21(12-17)31-2)32-15-16-7-4-3-5-8-16/h3-14H,15H2,1-2H3,(H,28,29)/b27-14-. The van der Waals surface area contributed by atoms with Crippen LogP contribution in [0.1, 0.15) is 21.7 Å². The number of hydrogen-bond acceptors (Lipinski definition) is 6. The van der Waals surface area contributed by atoms with Crippen molar-refractivity contribution in [3.05, 3.63) is 88.1 Å². The van der Waals surface area contributed by atoms with Gasteiger partial charge in [0.05, 0.1) is 24.9 Å². The number of hydrazone groups is 1. The van der Waals surface area contributed by atoms with Gasteiger partial charge in [-0.25, -0.2) is 5.43 Å². The van der Waals surface area contributed by atoms with Crippen LogP contribution >= 0.6 is 15.9 Å². The van der Waals surface area contributed by atoms with E-state index in [1.54, 1.807) is 32.4 Å². The third-order valence-corrected chi connectivity index (χ3v) is 5.40. The Kier molecular flexibility index (Phi) is 6.95. The van der Waals surface area contributed by atoms with Gasteiger partial charge in [0, 0.05) is 5.39 Å². The molecule has 4 rings (SSSR count). The molecule has 3 aromatic carbocycles. The van der Waals surface area contributed by atoms with Crippen LogP contribution in [-0.2, 0) is 6.61 Å². The number of carbonyl (C=O) groups excluding carboxylic acids is 1. The molecule has 0 bridgehead atoms. The number of benzene rings is 3. The van der Waals surface area contributed by atoms with Crippen LogP contribution in [0.3, 0.4) is 0 Å². The average molecular weight is 509 g/mol. The van der Waals surface area contributed by atoms with Crippen molar-refractivity contribution in [2.24, 2.45) is 5.10 Å². The number of halogens is 1. The van der Waals surface area contributed by atoms with Gasteiger partial charge in [-0.2, -0.15) is 5.10 Å². The lowest BCUT2D eigenvalue weighted by molar-refractivity contribution is 0.0929. The van der Waals surface area contributed by atoms with Crippen molar-refractivity contribution in [1.82, 2.24) is 5.43 Å². The summed E-state index contributed by atoms with van der Waals surface area (Å²) in [5.74, 6) is 1.34. The molecule has 0 aliphatic rings. The van der Waals surface area contributed by atoms with E-state index in [1.165, 1.54) is 6.21 Å². The van der Waals surface area contributed by atoms with Crippen LogP contribution in [0.15, 0.2) is 80.7 Å². The number of ether oxygens (including phenoxy) is 3. The van der Waals surface area contributed by atoms with E-state index >= 15 is 0 Å². The summed E-state index contributed by atoms with van der Waals surface area (Å²) in [6.07, 6.45) is 1.51. The molecule has 33 heavy (non-hydrogen) atoms. The highest BCUT2D eigenvalue weighted by molar-refractivity contribution is 9.10. The van der Waals surface area contributed by atoms with Crippen LogP contribution in [0.5, 0.6) is 17.2 Å². The highest BCUT2D eigenvalue weighted by Gasteiger charge is 2.15. The zero-order valence-corrected chi connectivity index (χ0v) is 19.6. The fourth-order valence-corrected chi connectivity index (χ4v) is 3.79. The second-order valence-electron chi connectivity index (χ2n) is 7.00. The molecule has 0 spiro atoms. The van der Waals surface area contributed by atoms with Crippen molar-refractivity contribution in [2.45, 2.75) is 6.61 Å². The molecule has 0 radical (unpaired) electrons. The number of methoxy groups -OCH3 is 2. The van der Waals surface area contributed by atoms with E-state index in [9.17, 15) is 4.79 Å². The van der Waals surface area contributed by atoms with Gasteiger partial charge < -0.3 is 18.6 Å². The van der Waals surface area contributed by atoms with Gasteiger partial charge in [0.2, 0.25) is 0 Å². The van der Waals surface area contributed by atoms with Crippen molar-refractivity contribution in [3.63, 3.8) is 0 Å². The largest absolute Gasteiger partial charge is 0.493 e. The van der Waals surface area contributed by atoms with Gasteiger partial charge in [0.15, 0.2) is 28.6 Å². The summed E-state index contributed by atoms with van der Waals surface area (Å²) in [5, 5.41) is 4.80. The van der Waals surface area contributed by atoms with Crippen LogP contribution in [0.2, 0.25) is 0 Å². The molecule has 0 fully saturated rings. The van der Waals surface area contributed by atoms with Crippen molar-refractivity contribution in [1.29, 1.82) is 0 Å². The molecule has 1 N–H and O–H groups in total. The van der Waals surface area contributed by atoms with E-state index in [-0.39, 0.29) is 5.76 Å². The van der Waals surface area contributed by atoms with Gasteiger partial charge in [0.25, 0.3) is 0 Å². The second kappa shape index (κ2) is 10.2. The van der Waals surface area contributed by atoms with E-state index in [1.807, 2.05) is 48.5 Å². The van der Waals surface area contributed by atoms with Crippen molar-refractivity contribution in [2.75, 3.05) is 14.2 Å². The minimum Gasteiger partial charge on any atom is -0.493 e. The highest BCUT2D eigenvalue weighted by Crippen LogP contribution is 2.37. The molecule has 7 nitrogen and oxygen atoms in total. The Morgan fingerprint density at radius 1 is 1.03 bits per heavy atom. The van der Waals surface area contributed by atoms with Crippen LogP contribution in [-0.4, -0.2) is 26.3 Å². The minimum absolute atomic E-state index is 0.134. The monoisotopic (exact) mass is 508 g/mol. The Balaban J connectivity index is 1.45. The number of carbonyl (C=O) groups is 1. The first-order valence-corrected chi connectivity index (χ1v) is 10.8. The first kappa shape index (κ1) is 22.4. The lowest BCUT2D eigenvalue weighted by atomic mass is 10.2. The van der Waals surface area contributed by atoms with Gasteiger partial charge in [-0.1, -0.05) is 42.5 Å². The van der Waals surface area contributed by atoms with E-state index in [0.29, 0.717) is 39.5 Å². The topological polar surface area (TPSA) is 82.3 Å². The molecular formula is C25H21BrN2O5. The molecule has 0 aliphatic carbocycles. The van der Waals surface area contributed by atoms with Crippen molar-refractivity contribution >= 4 is 39.0 Å². The smallest absolute Gasteiger partial charge is 0.307 e. The minimum atomic E-state index is -0.474. The van der Waals surface area contributed by atoms with Gasteiger partial charge in [-0.15, -0.1) is 0 Å². The quantitative estimate of drug-likeness (QED) is 0.249. The van der Waals surface area contributed by atoms with E-state index in [2.05, 4.69) is 26.5 Å². The Bertz CT molecular complexity index is 1300. The molecule has 0 aliphatic heterocycles. The van der Waals surface area contributed by atoms with Gasteiger partial charge in [-0.3, -0.25) is 4.79 Å². The number of para-hydroxylation sites is 1. The number of amides is 1. The van der Waals surface area contributed by atoms with Crippen LogP contribution in [0.4, 0.5) is 0 Å². The number of fused-ring (bicyclic) bond motifs is 1. The molecule has 0 saturated carbocycles. The summed E-state index contributed by atoms with van der Waals surface area (Å²) in [4.78, 5) is 12.5. The van der Waals surface area contributed by atoms with Crippen molar-refractivity contribution in [3.8, 4) is 17.2 Å². The number of rotatable bonds is 8. The molecule has 8 heteroatoms. The molecule has 1 amide bonds. The Morgan fingerprint density at radius 2 is 1.82 bits per heavy atom. The zero-order chi connectivity index (χ0) is 23.2. The maximum atomic E-state index is 12.5. The Morgan fingerprint density at radius 3 is 2.58 bits per heavy atom. The highest BCUT2D eigenvalue weighted by atomic mass is 79.9. The van der Waals surface area contributed by atoms with Crippen LogP contribution in [0, 0.1) is 0 Å². The van der Waals surface area contributed by atoms with E-state index in [4.69, 9.17) is 18.6 Å². The van der Waals surface area contributed by atoms with Gasteiger partial charge in [0.1, 0.15) is 6.61 Å². The predicted octanol–water partition coefficient (Wildman–Crippen LogP) is 5.56. The SMILES string of the molecule is COc1cc(/C=N\NC(=O)c2cc3cccc(OC)c3o2)cc(Br)c1OCc1ccccc1. The summed E-state index contributed by atoms with van der Waals surface area (Å²) >= 11 is 3.52. The molecule has 1 heterocycles. The maximum Gasteiger partial charge on any atom is 0.307 e. The van der Waals surface area contributed by atoms with Gasteiger partial charge in [-0.05, 0) is 51.3 Å². The third-order valence-electron chi connectivity index (χ3n) is 4.81. The Hall–Kier alpha value is -3.78. The molecule has 4 aromatic rings. The second-order valence-corrected chi connectivity index (χ2v) is 7.85. The molecule has 0 saturated heterocycles. The lowest BCUT2D eigenvalue weighted by Crippen LogP contribution is -2.16. The first-order chi connectivity index (χ1) is 16.1. The number of nitrogens with one attached hydrogen (secondary N) is 1. The number of furan rings is 1. The average Bonchev–Trinajstić information content (AvgIpc) is 3.28. The number of nitrogens with zero attached hydrogens (tertiary/aromatic N) is 1. The Labute approximate surface area is 199 Å². The number of hydrogen-bond donors (Lipinski definition) is 1. The van der Waals surface area contributed by atoms with E-state index < -0.39 is 5.91 Å². The third kappa shape index (κ3) is 5.18. The summed E-state index contributed by atoms with van der Waals surface area (Å²) < 4.78 is 23.0. The molecule has 168 valence electrons. The summed E-state index contributed by atoms with van der Waals surface area (Å²) in [6.45, 7) is 0.404. The van der Waals surface area contributed by atoms with E-state index in [0.717, 1.165) is 10.9 Å². The maximum absolute atomic E-state index is 12.5. The zero-order valence-electron chi connectivity index (χ0n) is 18.0. The summed E-state index contributed by atoms with van der Waals surface area (Å²) in [5.41, 5.74) is 4.73. The molecule has 1 aromatic heterocycles. The fourth-order valence-electron chi connectivity index (χ4n) is 3.21.